The van der Waals surface area contributed by atoms with E-state index in [4.69, 9.17) is 5.11 Å². The first kappa shape index (κ1) is 17.8. The van der Waals surface area contributed by atoms with Gasteiger partial charge in [0.2, 0.25) is 0 Å². The molecule has 0 saturated carbocycles. The van der Waals surface area contributed by atoms with Crippen LogP contribution in [0.3, 0.4) is 0 Å². The molecular weight excluding hydrogens is 388 g/mol. The number of carbonyl (C=O) groups excluding carboxylic acids is 2. The summed E-state index contributed by atoms with van der Waals surface area (Å²) in [6.45, 7) is 1.99. The second-order valence-corrected chi connectivity index (χ2v) is 3.60. The first-order chi connectivity index (χ1) is 7.06. The Morgan fingerprint density at radius 3 is 1.88 bits per heavy atom. The predicted molar refractivity (Wildman–Crippen MR) is 55.6 cm³/mol. The summed E-state index contributed by atoms with van der Waals surface area (Å²) >= 11 is 0. The average Bonchev–Trinajstić information content (AvgIpc) is 2.14. The van der Waals surface area contributed by atoms with E-state index in [1.165, 1.54) is 0 Å². The van der Waals surface area contributed by atoms with E-state index in [0.29, 0.717) is 12.8 Å². The van der Waals surface area contributed by atoms with Crippen molar-refractivity contribution in [2.45, 2.75) is 51.9 Å². The van der Waals surface area contributed by atoms with E-state index in [1.807, 2.05) is 6.92 Å². The molecule has 0 aromatic rings. The third-order valence-corrected chi connectivity index (χ3v) is 2.05. The molecule has 0 heterocycles. The molecule has 0 saturated heterocycles. The van der Waals surface area contributed by atoms with Crippen LogP contribution in [0.5, 0.6) is 0 Å². The Labute approximate surface area is 109 Å². The molecule has 95 valence electrons. The zero-order chi connectivity index (χ0) is 11.7. The molecule has 0 rings (SSSR count). The number of carboxylic acids is 1. The zero-order valence-electron chi connectivity index (χ0n) is 9.46. The van der Waals surface area contributed by atoms with Gasteiger partial charge in [-0.1, -0.05) is 13.3 Å². The fourth-order valence-electron chi connectivity index (χ4n) is 1.21. The van der Waals surface area contributed by atoms with E-state index in [1.54, 1.807) is 0 Å². The molecule has 1 N–H and O–H groups in total. The Morgan fingerprint density at radius 1 is 0.938 bits per heavy atom. The van der Waals surface area contributed by atoms with Gasteiger partial charge in [-0.2, -0.15) is 0 Å². The Kier molecular flexibility index (Phi) is 12.2. The van der Waals surface area contributed by atoms with Crippen LogP contribution in [-0.4, -0.2) is 22.6 Å². The van der Waals surface area contributed by atoms with Crippen molar-refractivity contribution in [2.24, 2.45) is 0 Å². The van der Waals surface area contributed by atoms with E-state index in [2.05, 4.69) is 0 Å². The Hall–Kier alpha value is -0.541. The van der Waals surface area contributed by atoms with E-state index >= 15 is 0 Å². The number of ketones is 2. The molecule has 16 heavy (non-hydrogen) atoms. The number of hydrogen-bond acceptors (Lipinski definition) is 3. The number of carboxylic acid groups (broad SMARTS) is 1. The maximum absolute atomic E-state index is 11.2. The van der Waals surface area contributed by atoms with Crippen LogP contribution in [0.2, 0.25) is 0 Å². The maximum Gasteiger partial charge on any atom is 0.303 e. The van der Waals surface area contributed by atoms with Crippen LogP contribution in [0.15, 0.2) is 0 Å². The summed E-state index contributed by atoms with van der Waals surface area (Å²) in [7, 11) is 0. The zero-order valence-corrected chi connectivity index (χ0v) is 11.9. The molecule has 0 unspecified atom stereocenters. The number of Topliss-reactive ketones (excluding diaryl/α,β-unsaturated/α-hetero) is 2. The van der Waals surface area contributed by atoms with Gasteiger partial charge in [-0.3, -0.25) is 14.4 Å². The number of aliphatic carboxylic acids is 1. The standard InChI is InChI=1S/C11H18O4.Ir/c1-2-3-5-9(12)8-10(13)6-4-7-11(14)15;/h2-8H2,1H3,(H,14,15);. The molecule has 0 atom stereocenters. The SMILES string of the molecule is CCCCC(=O)CC(=O)CCCC(=O)O.[Ir]. The van der Waals surface area contributed by atoms with Gasteiger partial charge >= 0.3 is 5.97 Å². The summed E-state index contributed by atoms with van der Waals surface area (Å²) in [5.74, 6) is -1.07. The van der Waals surface area contributed by atoms with Crippen molar-refractivity contribution in [1.29, 1.82) is 0 Å². The van der Waals surface area contributed by atoms with Crippen LogP contribution in [0, 0.1) is 0 Å². The fourth-order valence-corrected chi connectivity index (χ4v) is 1.21. The van der Waals surface area contributed by atoms with Gasteiger partial charge < -0.3 is 5.11 Å². The van der Waals surface area contributed by atoms with E-state index < -0.39 is 5.97 Å². The maximum atomic E-state index is 11.2. The summed E-state index contributed by atoms with van der Waals surface area (Å²) in [5.41, 5.74) is 0. The van der Waals surface area contributed by atoms with Crippen LogP contribution in [0.1, 0.15) is 51.9 Å². The molecule has 4 nitrogen and oxygen atoms in total. The Balaban J connectivity index is 0. The van der Waals surface area contributed by atoms with Crippen LogP contribution in [-0.2, 0) is 34.5 Å². The van der Waals surface area contributed by atoms with Crippen molar-refractivity contribution in [1.82, 2.24) is 0 Å². The first-order valence-electron chi connectivity index (χ1n) is 5.31. The Bertz CT molecular complexity index is 238. The minimum atomic E-state index is -0.903. The van der Waals surface area contributed by atoms with E-state index in [-0.39, 0.29) is 50.9 Å². The van der Waals surface area contributed by atoms with Crippen LogP contribution < -0.4 is 0 Å². The van der Waals surface area contributed by atoms with Crippen molar-refractivity contribution in [2.75, 3.05) is 0 Å². The molecule has 1 radical (unpaired) electrons. The second-order valence-electron chi connectivity index (χ2n) is 3.60. The molecule has 0 spiro atoms. The minimum Gasteiger partial charge on any atom is -0.481 e. The van der Waals surface area contributed by atoms with Gasteiger partial charge in [0.05, 0.1) is 6.42 Å². The van der Waals surface area contributed by atoms with Crippen molar-refractivity contribution >= 4 is 17.5 Å². The normalized spacial score (nSPS) is 9.31. The summed E-state index contributed by atoms with van der Waals surface area (Å²) in [6, 6.07) is 0. The van der Waals surface area contributed by atoms with Gasteiger partial charge in [-0.25, -0.2) is 0 Å². The van der Waals surface area contributed by atoms with Crippen LogP contribution in [0.25, 0.3) is 0 Å². The summed E-state index contributed by atoms with van der Waals surface area (Å²) in [6.07, 6.45) is 2.72. The second kappa shape index (κ2) is 11.0. The number of hydrogen-bond donors (Lipinski definition) is 1. The molecule has 0 aliphatic heterocycles. The first-order valence-corrected chi connectivity index (χ1v) is 5.31. The average molecular weight is 406 g/mol. The number of rotatable bonds is 9. The van der Waals surface area contributed by atoms with Crippen molar-refractivity contribution in [3.05, 3.63) is 0 Å². The molecule has 0 aliphatic carbocycles. The van der Waals surface area contributed by atoms with Crippen molar-refractivity contribution in [3.8, 4) is 0 Å². The topological polar surface area (TPSA) is 71.4 Å². The quantitative estimate of drug-likeness (QED) is 0.594. The van der Waals surface area contributed by atoms with Crippen molar-refractivity contribution < 1.29 is 39.6 Å². The third-order valence-electron chi connectivity index (χ3n) is 2.05. The van der Waals surface area contributed by atoms with Gasteiger partial charge in [0.1, 0.15) is 11.6 Å². The van der Waals surface area contributed by atoms with E-state index in [9.17, 15) is 14.4 Å². The number of carbonyl (C=O) groups is 3. The van der Waals surface area contributed by atoms with E-state index in [0.717, 1.165) is 12.8 Å². The molecule has 0 aromatic heterocycles. The van der Waals surface area contributed by atoms with Gasteiger partial charge in [0.25, 0.3) is 0 Å². The third kappa shape index (κ3) is 11.5. The molecule has 0 aliphatic rings. The molecule has 0 aromatic carbocycles. The number of unbranched alkanes of at least 4 members (excludes halogenated alkanes) is 1. The summed E-state index contributed by atoms with van der Waals surface area (Å²) < 4.78 is 0. The molecule has 0 bridgehead atoms. The fraction of sp³-hybridized carbons (Fsp3) is 0.727. The Morgan fingerprint density at radius 2 is 1.44 bits per heavy atom. The van der Waals surface area contributed by atoms with Crippen LogP contribution >= 0.6 is 0 Å². The predicted octanol–water partition coefficient (Wildman–Crippen LogP) is 1.96. The van der Waals surface area contributed by atoms with Crippen LogP contribution in [0.4, 0.5) is 0 Å². The summed E-state index contributed by atoms with van der Waals surface area (Å²) in [5, 5.41) is 8.35. The smallest absolute Gasteiger partial charge is 0.303 e. The summed E-state index contributed by atoms with van der Waals surface area (Å²) in [4.78, 5) is 32.5. The molecular formula is C11H18IrO4. The molecule has 0 fully saturated rings. The monoisotopic (exact) mass is 407 g/mol. The van der Waals surface area contributed by atoms with Gasteiger partial charge in [-0.15, -0.1) is 0 Å². The van der Waals surface area contributed by atoms with Crippen molar-refractivity contribution in [3.63, 3.8) is 0 Å². The minimum absolute atomic E-state index is 0. The van der Waals surface area contributed by atoms with Gasteiger partial charge in [0, 0.05) is 39.4 Å². The van der Waals surface area contributed by atoms with Gasteiger partial charge in [0.15, 0.2) is 0 Å². The largest absolute Gasteiger partial charge is 0.481 e. The van der Waals surface area contributed by atoms with Gasteiger partial charge in [-0.05, 0) is 12.8 Å². The molecule has 5 heteroatoms. The molecule has 0 amide bonds.